The molecule has 1 nitrogen and oxygen atoms in total. The van der Waals surface area contributed by atoms with Crippen LogP contribution in [0.4, 0.5) is 0 Å². The van der Waals surface area contributed by atoms with E-state index in [0.29, 0.717) is 0 Å². The Morgan fingerprint density at radius 2 is 1.76 bits per heavy atom. The average Bonchev–Trinajstić information content (AvgIpc) is 2.62. The third-order valence-corrected chi connectivity index (χ3v) is 5.15. The highest BCUT2D eigenvalue weighted by molar-refractivity contribution is 5.31. The SMILES string of the molecule is CCCC1CCCC(O)(c2ccc(C(C)(C)C)cc2)CC1. The molecule has 1 saturated carbocycles. The van der Waals surface area contributed by atoms with E-state index in [-0.39, 0.29) is 5.41 Å². The van der Waals surface area contributed by atoms with Gasteiger partial charge in [-0.3, -0.25) is 0 Å². The first-order valence-electron chi connectivity index (χ1n) is 8.68. The minimum absolute atomic E-state index is 0.177. The van der Waals surface area contributed by atoms with Gasteiger partial charge >= 0.3 is 0 Å². The molecule has 0 aliphatic heterocycles. The molecule has 0 heterocycles. The summed E-state index contributed by atoms with van der Waals surface area (Å²) in [6.07, 6.45) is 8.04. The van der Waals surface area contributed by atoms with Gasteiger partial charge in [-0.15, -0.1) is 0 Å². The van der Waals surface area contributed by atoms with E-state index in [4.69, 9.17) is 0 Å². The summed E-state index contributed by atoms with van der Waals surface area (Å²) in [6.45, 7) is 8.97. The van der Waals surface area contributed by atoms with E-state index in [1.165, 1.54) is 31.2 Å². The zero-order valence-corrected chi connectivity index (χ0v) is 14.3. The lowest BCUT2D eigenvalue weighted by atomic mass is 9.82. The lowest BCUT2D eigenvalue weighted by Gasteiger charge is -2.28. The van der Waals surface area contributed by atoms with Crippen molar-refractivity contribution in [3.63, 3.8) is 0 Å². The molecular weight excluding hydrogens is 256 g/mol. The molecule has 0 amide bonds. The van der Waals surface area contributed by atoms with Crippen LogP contribution in [0.5, 0.6) is 0 Å². The Hall–Kier alpha value is -0.820. The molecule has 1 aliphatic carbocycles. The second-order valence-electron chi connectivity index (χ2n) is 7.94. The lowest BCUT2D eigenvalue weighted by molar-refractivity contribution is 0.0195. The van der Waals surface area contributed by atoms with Gasteiger partial charge in [-0.25, -0.2) is 0 Å². The molecular formula is C20H32O. The lowest BCUT2D eigenvalue weighted by Crippen LogP contribution is -2.25. The molecule has 21 heavy (non-hydrogen) atoms. The Morgan fingerprint density at radius 3 is 2.33 bits per heavy atom. The largest absolute Gasteiger partial charge is 0.385 e. The van der Waals surface area contributed by atoms with E-state index >= 15 is 0 Å². The van der Waals surface area contributed by atoms with Crippen LogP contribution < -0.4 is 0 Å². The summed E-state index contributed by atoms with van der Waals surface area (Å²) >= 11 is 0. The van der Waals surface area contributed by atoms with E-state index < -0.39 is 5.60 Å². The van der Waals surface area contributed by atoms with Crippen LogP contribution in [0.3, 0.4) is 0 Å². The maximum absolute atomic E-state index is 11.1. The van der Waals surface area contributed by atoms with Crippen molar-refractivity contribution in [3.05, 3.63) is 35.4 Å². The van der Waals surface area contributed by atoms with E-state index in [1.807, 2.05) is 0 Å². The molecule has 2 atom stereocenters. The van der Waals surface area contributed by atoms with Crippen LogP contribution in [0, 0.1) is 5.92 Å². The minimum atomic E-state index is -0.598. The van der Waals surface area contributed by atoms with Crippen molar-refractivity contribution in [2.24, 2.45) is 5.92 Å². The molecule has 2 unspecified atom stereocenters. The standard InChI is InChI=1S/C20H32O/c1-5-7-16-8-6-14-20(21,15-13-16)18-11-9-17(10-12-18)19(2,3)4/h9-12,16,21H,5-8,13-15H2,1-4H3. The number of aliphatic hydroxyl groups is 1. The average molecular weight is 288 g/mol. The van der Waals surface area contributed by atoms with Crippen molar-refractivity contribution >= 4 is 0 Å². The zero-order valence-electron chi connectivity index (χ0n) is 14.3. The Balaban J connectivity index is 2.12. The van der Waals surface area contributed by atoms with Crippen LogP contribution >= 0.6 is 0 Å². The highest BCUT2D eigenvalue weighted by Crippen LogP contribution is 2.39. The Kier molecular flexibility index (Phi) is 5.14. The summed E-state index contributed by atoms with van der Waals surface area (Å²) in [6, 6.07) is 8.70. The molecule has 0 spiro atoms. The third kappa shape index (κ3) is 4.10. The number of hydrogen-bond donors (Lipinski definition) is 1. The first-order valence-corrected chi connectivity index (χ1v) is 8.68. The molecule has 0 aromatic heterocycles. The Bertz CT molecular complexity index is 440. The molecule has 1 aliphatic rings. The van der Waals surface area contributed by atoms with Gasteiger partial charge in [0.25, 0.3) is 0 Å². The van der Waals surface area contributed by atoms with E-state index in [2.05, 4.69) is 52.0 Å². The highest BCUT2D eigenvalue weighted by Gasteiger charge is 2.32. The van der Waals surface area contributed by atoms with Crippen molar-refractivity contribution in [1.29, 1.82) is 0 Å². The van der Waals surface area contributed by atoms with Crippen LogP contribution in [0.15, 0.2) is 24.3 Å². The smallest absolute Gasteiger partial charge is 0.0896 e. The second kappa shape index (κ2) is 6.52. The summed E-state index contributed by atoms with van der Waals surface area (Å²) in [5.74, 6) is 0.817. The van der Waals surface area contributed by atoms with Crippen molar-refractivity contribution < 1.29 is 5.11 Å². The zero-order chi connectivity index (χ0) is 15.5. The second-order valence-corrected chi connectivity index (χ2v) is 7.94. The summed E-state index contributed by atoms with van der Waals surface area (Å²) in [5.41, 5.74) is 2.04. The molecule has 0 radical (unpaired) electrons. The minimum Gasteiger partial charge on any atom is -0.385 e. The van der Waals surface area contributed by atoms with Crippen LogP contribution in [-0.4, -0.2) is 5.11 Å². The topological polar surface area (TPSA) is 20.2 Å². The van der Waals surface area contributed by atoms with Crippen molar-refractivity contribution in [2.45, 2.75) is 83.7 Å². The van der Waals surface area contributed by atoms with Crippen molar-refractivity contribution in [1.82, 2.24) is 0 Å². The first-order chi connectivity index (χ1) is 9.85. The van der Waals surface area contributed by atoms with Crippen LogP contribution in [0.25, 0.3) is 0 Å². The summed E-state index contributed by atoms with van der Waals surface area (Å²) in [4.78, 5) is 0. The van der Waals surface area contributed by atoms with E-state index in [0.717, 1.165) is 30.7 Å². The highest BCUT2D eigenvalue weighted by atomic mass is 16.3. The van der Waals surface area contributed by atoms with Gasteiger partial charge in [-0.2, -0.15) is 0 Å². The van der Waals surface area contributed by atoms with Gasteiger partial charge in [0.05, 0.1) is 5.60 Å². The quantitative estimate of drug-likeness (QED) is 0.723. The predicted octanol–water partition coefficient (Wildman–Crippen LogP) is 5.55. The molecule has 1 N–H and O–H groups in total. The fraction of sp³-hybridized carbons (Fsp3) is 0.700. The first kappa shape index (κ1) is 16.5. The van der Waals surface area contributed by atoms with Gasteiger partial charge < -0.3 is 5.11 Å². The fourth-order valence-corrected chi connectivity index (χ4v) is 3.66. The van der Waals surface area contributed by atoms with Gasteiger partial charge in [-0.05, 0) is 48.1 Å². The van der Waals surface area contributed by atoms with Gasteiger partial charge in [0.1, 0.15) is 0 Å². The van der Waals surface area contributed by atoms with Crippen LogP contribution in [0.2, 0.25) is 0 Å². The third-order valence-electron chi connectivity index (χ3n) is 5.15. The predicted molar refractivity (Wildman–Crippen MR) is 90.5 cm³/mol. The maximum atomic E-state index is 11.1. The van der Waals surface area contributed by atoms with Crippen molar-refractivity contribution in [2.75, 3.05) is 0 Å². The molecule has 2 rings (SSSR count). The van der Waals surface area contributed by atoms with Gasteiger partial charge in [-0.1, -0.05) is 71.2 Å². The van der Waals surface area contributed by atoms with Crippen molar-refractivity contribution in [3.8, 4) is 0 Å². The molecule has 1 fully saturated rings. The van der Waals surface area contributed by atoms with Gasteiger partial charge in [0, 0.05) is 0 Å². The Morgan fingerprint density at radius 1 is 1.10 bits per heavy atom. The summed E-state index contributed by atoms with van der Waals surface area (Å²) < 4.78 is 0. The molecule has 1 heteroatoms. The summed E-state index contributed by atoms with van der Waals surface area (Å²) in [5, 5.41) is 11.1. The van der Waals surface area contributed by atoms with Gasteiger partial charge in [0.2, 0.25) is 0 Å². The number of benzene rings is 1. The molecule has 1 aromatic rings. The number of hydrogen-bond acceptors (Lipinski definition) is 1. The maximum Gasteiger partial charge on any atom is 0.0896 e. The van der Waals surface area contributed by atoms with E-state index in [9.17, 15) is 5.11 Å². The van der Waals surface area contributed by atoms with E-state index in [1.54, 1.807) is 0 Å². The number of rotatable bonds is 3. The normalized spacial score (nSPS) is 27.4. The fourth-order valence-electron chi connectivity index (χ4n) is 3.66. The molecule has 118 valence electrons. The summed E-state index contributed by atoms with van der Waals surface area (Å²) in [7, 11) is 0. The van der Waals surface area contributed by atoms with Gasteiger partial charge in [0.15, 0.2) is 0 Å². The molecule has 1 aromatic carbocycles. The monoisotopic (exact) mass is 288 g/mol. The molecule has 0 saturated heterocycles. The Labute approximate surface area is 130 Å². The van der Waals surface area contributed by atoms with Crippen LogP contribution in [-0.2, 0) is 11.0 Å². The van der Waals surface area contributed by atoms with Crippen LogP contribution in [0.1, 0.15) is 83.8 Å². The molecule has 0 bridgehead atoms.